The number of benzene rings is 3. The van der Waals surface area contributed by atoms with E-state index >= 15 is 0 Å². The minimum absolute atomic E-state index is 0.148. The summed E-state index contributed by atoms with van der Waals surface area (Å²) < 4.78 is 5.80. The Morgan fingerprint density at radius 3 is 2.63 bits per heavy atom. The molecule has 35 heavy (non-hydrogen) atoms. The quantitative estimate of drug-likeness (QED) is 0.335. The molecule has 1 amide bonds. The highest BCUT2D eigenvalue weighted by Gasteiger charge is 2.21. The van der Waals surface area contributed by atoms with Gasteiger partial charge < -0.3 is 19.5 Å². The van der Waals surface area contributed by atoms with Crippen LogP contribution >= 0.6 is 23.4 Å². The Morgan fingerprint density at radius 2 is 1.83 bits per heavy atom. The predicted octanol–water partition coefficient (Wildman–Crippen LogP) is 5.42. The smallest absolute Gasteiger partial charge is 0.277 e. The maximum atomic E-state index is 12.8. The van der Waals surface area contributed by atoms with Crippen molar-refractivity contribution in [2.45, 2.75) is 12.1 Å². The molecule has 3 aromatic carbocycles. The van der Waals surface area contributed by atoms with Gasteiger partial charge in [0.25, 0.3) is 5.22 Å². The lowest BCUT2D eigenvalue weighted by atomic mass is 10.1. The molecule has 4 aromatic rings. The maximum absolute atomic E-state index is 12.8. The van der Waals surface area contributed by atoms with Crippen molar-refractivity contribution in [3.8, 4) is 11.5 Å². The van der Waals surface area contributed by atoms with Gasteiger partial charge >= 0.3 is 0 Å². The molecule has 1 aromatic heterocycles. The molecule has 0 unspecified atom stereocenters. The first kappa shape index (κ1) is 23.7. The van der Waals surface area contributed by atoms with E-state index in [1.54, 1.807) is 0 Å². The molecule has 180 valence electrons. The van der Waals surface area contributed by atoms with Crippen LogP contribution in [0.5, 0.6) is 0 Å². The van der Waals surface area contributed by atoms with Gasteiger partial charge in [-0.15, -0.1) is 10.2 Å². The van der Waals surface area contributed by atoms with E-state index in [-0.39, 0.29) is 11.7 Å². The lowest BCUT2D eigenvalue weighted by Crippen LogP contribution is -2.46. The molecule has 7 nitrogen and oxygen atoms in total. The third kappa shape index (κ3) is 5.45. The van der Waals surface area contributed by atoms with Gasteiger partial charge in [-0.25, -0.2) is 0 Å². The molecule has 1 N–H and O–H groups in total. The minimum Gasteiger partial charge on any atom is -0.411 e. The van der Waals surface area contributed by atoms with Crippen LogP contribution in [0.25, 0.3) is 22.2 Å². The van der Waals surface area contributed by atoms with E-state index in [0.29, 0.717) is 16.1 Å². The zero-order chi connectivity index (χ0) is 24.2. The number of piperazine rings is 1. The van der Waals surface area contributed by atoms with Gasteiger partial charge in [-0.3, -0.25) is 4.79 Å². The number of aromatic nitrogens is 2. The second-order valence-corrected chi connectivity index (χ2v) is 9.66. The summed E-state index contributed by atoms with van der Waals surface area (Å²) in [5.41, 5.74) is 2.44. The fourth-order valence-corrected chi connectivity index (χ4v) is 5.10. The van der Waals surface area contributed by atoms with Crippen molar-refractivity contribution >= 4 is 51.4 Å². The zero-order valence-electron chi connectivity index (χ0n) is 19.4. The Balaban J connectivity index is 1.22. The SMILES string of the molecule is CCN1CCN(c2c(Cl)cccc2NC(=O)CSc2nnc(-c3ccc4ccccc4c3)o2)CC1. The van der Waals surface area contributed by atoms with Gasteiger partial charge in [0, 0.05) is 31.7 Å². The molecule has 9 heteroatoms. The topological polar surface area (TPSA) is 74.5 Å². The first-order valence-corrected chi connectivity index (χ1v) is 13.0. The van der Waals surface area contributed by atoms with Crippen LogP contribution in [0.15, 0.2) is 70.3 Å². The highest BCUT2D eigenvalue weighted by molar-refractivity contribution is 7.99. The number of amides is 1. The van der Waals surface area contributed by atoms with Gasteiger partial charge in [0.1, 0.15) is 0 Å². The highest BCUT2D eigenvalue weighted by Crippen LogP contribution is 2.35. The van der Waals surface area contributed by atoms with Gasteiger partial charge in [-0.2, -0.15) is 0 Å². The van der Waals surface area contributed by atoms with Crippen LogP contribution in [0.4, 0.5) is 11.4 Å². The molecule has 2 heterocycles. The number of hydrogen-bond donors (Lipinski definition) is 1. The lowest BCUT2D eigenvalue weighted by Gasteiger charge is -2.36. The van der Waals surface area contributed by atoms with Crippen LogP contribution in [0.3, 0.4) is 0 Å². The van der Waals surface area contributed by atoms with Crippen molar-refractivity contribution in [3.05, 3.63) is 65.7 Å². The van der Waals surface area contributed by atoms with Crippen molar-refractivity contribution in [3.63, 3.8) is 0 Å². The van der Waals surface area contributed by atoms with Crippen molar-refractivity contribution < 1.29 is 9.21 Å². The Hall–Kier alpha value is -3.07. The number of carbonyl (C=O) groups excluding carboxylic acids is 1. The Kier molecular flexibility index (Phi) is 7.22. The molecule has 1 saturated heterocycles. The number of rotatable bonds is 7. The van der Waals surface area contributed by atoms with E-state index in [4.69, 9.17) is 16.0 Å². The molecule has 0 spiro atoms. The third-order valence-electron chi connectivity index (χ3n) is 6.13. The fraction of sp³-hybridized carbons (Fsp3) is 0.269. The van der Waals surface area contributed by atoms with Crippen molar-refractivity contribution in [1.82, 2.24) is 15.1 Å². The predicted molar refractivity (Wildman–Crippen MR) is 142 cm³/mol. The number of para-hydroxylation sites is 1. The van der Waals surface area contributed by atoms with E-state index in [0.717, 1.165) is 60.4 Å². The number of nitrogens with one attached hydrogen (secondary N) is 1. The Morgan fingerprint density at radius 1 is 1.03 bits per heavy atom. The van der Waals surface area contributed by atoms with Gasteiger partial charge in [0.05, 0.1) is 22.2 Å². The minimum atomic E-state index is -0.156. The molecule has 0 aliphatic carbocycles. The van der Waals surface area contributed by atoms with E-state index in [1.807, 2.05) is 54.6 Å². The largest absolute Gasteiger partial charge is 0.411 e. The highest BCUT2D eigenvalue weighted by atomic mass is 35.5. The summed E-state index contributed by atoms with van der Waals surface area (Å²) in [7, 11) is 0. The Labute approximate surface area is 213 Å². The standard InChI is InChI=1S/C26H26ClN5O2S/c1-2-31-12-14-32(15-13-31)24-21(27)8-5-9-22(24)28-23(33)17-35-26-30-29-25(34-26)20-11-10-18-6-3-4-7-19(18)16-20/h3-11,16H,2,12-15,17H2,1H3,(H,28,33). The first-order chi connectivity index (χ1) is 17.1. The van der Waals surface area contributed by atoms with Gasteiger partial charge in [0.2, 0.25) is 11.8 Å². The van der Waals surface area contributed by atoms with Crippen LogP contribution in [-0.4, -0.2) is 59.5 Å². The average molecular weight is 508 g/mol. The monoisotopic (exact) mass is 507 g/mol. The lowest BCUT2D eigenvalue weighted by molar-refractivity contribution is -0.113. The van der Waals surface area contributed by atoms with Gasteiger partial charge in [-0.1, -0.05) is 66.7 Å². The number of halogens is 1. The molecule has 0 saturated carbocycles. The third-order valence-corrected chi connectivity index (χ3v) is 7.25. The number of fused-ring (bicyclic) bond motifs is 1. The van der Waals surface area contributed by atoms with E-state index < -0.39 is 0 Å². The number of carbonyl (C=O) groups is 1. The van der Waals surface area contributed by atoms with Crippen LogP contribution < -0.4 is 10.2 Å². The van der Waals surface area contributed by atoms with Crippen LogP contribution in [-0.2, 0) is 4.79 Å². The molecule has 1 aliphatic rings. The van der Waals surface area contributed by atoms with Gasteiger partial charge in [0.15, 0.2) is 0 Å². The summed E-state index contributed by atoms with van der Waals surface area (Å²) in [5, 5.41) is 14.5. The van der Waals surface area contributed by atoms with Crippen LogP contribution in [0, 0.1) is 0 Å². The number of hydrogen-bond acceptors (Lipinski definition) is 7. The molecule has 0 bridgehead atoms. The molecule has 0 radical (unpaired) electrons. The molecule has 0 atom stereocenters. The average Bonchev–Trinajstić information content (AvgIpc) is 3.37. The van der Waals surface area contributed by atoms with E-state index in [1.165, 1.54) is 11.8 Å². The Bertz CT molecular complexity index is 1340. The second kappa shape index (κ2) is 10.7. The van der Waals surface area contributed by atoms with Gasteiger partial charge in [-0.05, 0) is 41.6 Å². The zero-order valence-corrected chi connectivity index (χ0v) is 21.0. The molecule has 1 aliphatic heterocycles. The van der Waals surface area contributed by atoms with Crippen molar-refractivity contribution in [1.29, 1.82) is 0 Å². The van der Waals surface area contributed by atoms with Crippen LogP contribution in [0.1, 0.15) is 6.92 Å². The molecule has 1 fully saturated rings. The number of anilines is 2. The summed E-state index contributed by atoms with van der Waals surface area (Å²) >= 11 is 7.75. The number of likely N-dealkylation sites (N-methyl/N-ethyl adjacent to an activating group) is 1. The summed E-state index contributed by atoms with van der Waals surface area (Å²) in [6.07, 6.45) is 0. The van der Waals surface area contributed by atoms with Crippen LogP contribution in [0.2, 0.25) is 5.02 Å². The van der Waals surface area contributed by atoms with E-state index in [2.05, 4.69) is 38.3 Å². The second-order valence-electron chi connectivity index (χ2n) is 8.33. The summed E-state index contributed by atoms with van der Waals surface area (Å²) in [5.74, 6) is 0.424. The number of thioether (sulfide) groups is 1. The molecule has 5 rings (SSSR count). The van der Waals surface area contributed by atoms with E-state index in [9.17, 15) is 4.79 Å². The van der Waals surface area contributed by atoms with Crippen molar-refractivity contribution in [2.75, 3.05) is 48.7 Å². The number of nitrogens with zero attached hydrogens (tertiary/aromatic N) is 4. The summed E-state index contributed by atoms with van der Waals surface area (Å²) in [4.78, 5) is 17.4. The summed E-state index contributed by atoms with van der Waals surface area (Å²) in [6, 6.07) is 19.7. The summed E-state index contributed by atoms with van der Waals surface area (Å²) in [6.45, 7) is 6.89. The molecular weight excluding hydrogens is 482 g/mol. The fourth-order valence-electron chi connectivity index (χ4n) is 4.25. The van der Waals surface area contributed by atoms with Crippen molar-refractivity contribution in [2.24, 2.45) is 0 Å². The first-order valence-electron chi connectivity index (χ1n) is 11.6. The molecular formula is C26H26ClN5O2S. The maximum Gasteiger partial charge on any atom is 0.277 e. The normalized spacial score (nSPS) is 14.4.